The summed E-state index contributed by atoms with van der Waals surface area (Å²) in [4.78, 5) is 4.73. The Kier molecular flexibility index (Phi) is 3.59. The largest absolute Gasteiger partial charge is 0.357 e. The Bertz CT molecular complexity index is 425. The fraction of sp³-hybridized carbons (Fsp3) is 0.533. The van der Waals surface area contributed by atoms with Gasteiger partial charge in [0.1, 0.15) is 0 Å². The molecule has 18 heavy (non-hydrogen) atoms. The Labute approximate surface area is 113 Å². The maximum absolute atomic E-state index is 4.73. The van der Waals surface area contributed by atoms with Gasteiger partial charge >= 0.3 is 0 Å². The number of nitrogens with one attached hydrogen (secondary N) is 1. The first kappa shape index (κ1) is 12.1. The number of hydrogen-bond acceptors (Lipinski definition) is 2. The van der Waals surface area contributed by atoms with E-state index < -0.39 is 0 Å². The molecule has 96 valence electrons. The first-order valence-electron chi connectivity index (χ1n) is 6.81. The topological polar surface area (TPSA) is 24.4 Å². The normalized spacial score (nSPS) is 27.2. The van der Waals surface area contributed by atoms with Crippen molar-refractivity contribution in [3.63, 3.8) is 0 Å². The molecule has 1 saturated heterocycles. The Hall–Kier alpha value is -0.960. The molecule has 1 aromatic rings. The highest BCUT2D eigenvalue weighted by molar-refractivity contribution is 8.14. The zero-order valence-corrected chi connectivity index (χ0v) is 11.6. The number of thioether (sulfide) groups is 1. The Morgan fingerprint density at radius 3 is 2.83 bits per heavy atom. The monoisotopic (exact) mass is 260 g/mol. The van der Waals surface area contributed by atoms with Crippen LogP contribution in [0.3, 0.4) is 0 Å². The van der Waals surface area contributed by atoms with E-state index in [4.69, 9.17) is 4.99 Å². The molecule has 2 nitrogen and oxygen atoms in total. The maximum atomic E-state index is 4.73. The highest BCUT2D eigenvalue weighted by Crippen LogP contribution is 2.36. The van der Waals surface area contributed by atoms with Gasteiger partial charge in [0.15, 0.2) is 5.17 Å². The van der Waals surface area contributed by atoms with Crippen molar-refractivity contribution in [2.75, 3.05) is 12.3 Å². The number of hydrogen-bond donors (Lipinski definition) is 1. The van der Waals surface area contributed by atoms with Crippen LogP contribution in [0.15, 0.2) is 35.3 Å². The molecule has 1 N–H and O–H groups in total. The van der Waals surface area contributed by atoms with Crippen LogP contribution in [-0.2, 0) is 0 Å². The van der Waals surface area contributed by atoms with Crippen molar-refractivity contribution in [2.24, 2.45) is 16.8 Å². The van der Waals surface area contributed by atoms with Gasteiger partial charge in [-0.3, -0.25) is 4.99 Å². The third-order valence-corrected chi connectivity index (χ3v) is 4.86. The fourth-order valence-electron chi connectivity index (χ4n) is 2.39. The van der Waals surface area contributed by atoms with Gasteiger partial charge in [-0.05, 0) is 30.2 Å². The van der Waals surface area contributed by atoms with E-state index in [9.17, 15) is 0 Å². The van der Waals surface area contributed by atoms with E-state index in [2.05, 4.69) is 42.6 Å². The van der Waals surface area contributed by atoms with Crippen molar-refractivity contribution < 1.29 is 0 Å². The maximum Gasteiger partial charge on any atom is 0.157 e. The molecule has 2 fully saturated rings. The number of amidine groups is 1. The summed E-state index contributed by atoms with van der Waals surface area (Å²) in [6, 6.07) is 11.1. The molecule has 1 aliphatic heterocycles. The molecule has 0 spiro atoms. The van der Waals surface area contributed by atoms with Crippen molar-refractivity contribution in [1.29, 1.82) is 0 Å². The summed E-state index contributed by atoms with van der Waals surface area (Å²) in [7, 11) is 0. The minimum Gasteiger partial charge on any atom is -0.357 e. The molecular weight excluding hydrogens is 240 g/mol. The number of rotatable bonds is 4. The second kappa shape index (κ2) is 5.35. The lowest BCUT2D eigenvalue weighted by atomic mass is 10.1. The van der Waals surface area contributed by atoms with Crippen LogP contribution in [0.25, 0.3) is 0 Å². The van der Waals surface area contributed by atoms with Crippen LogP contribution in [0.1, 0.15) is 31.4 Å². The highest BCUT2D eigenvalue weighted by atomic mass is 32.2. The Morgan fingerprint density at radius 1 is 1.33 bits per heavy atom. The molecule has 2 aliphatic rings. The standard InChI is InChI=1S/C15H20N2S/c1-11(12-7-8-12)9-16-15-17-14(10-18-15)13-5-3-2-4-6-13/h2-6,11-12,14H,7-10H2,1H3,(H,16,17). The molecule has 2 atom stereocenters. The van der Waals surface area contributed by atoms with Crippen LogP contribution in [0, 0.1) is 11.8 Å². The van der Waals surface area contributed by atoms with Crippen LogP contribution < -0.4 is 5.32 Å². The predicted octanol–water partition coefficient (Wildman–Crippen LogP) is 3.47. The average Bonchev–Trinajstić information content (AvgIpc) is 3.16. The van der Waals surface area contributed by atoms with E-state index in [-0.39, 0.29) is 0 Å². The fourth-order valence-corrected chi connectivity index (χ4v) is 3.38. The van der Waals surface area contributed by atoms with E-state index in [0.29, 0.717) is 6.04 Å². The van der Waals surface area contributed by atoms with E-state index >= 15 is 0 Å². The lowest BCUT2D eigenvalue weighted by Gasteiger charge is -2.10. The first-order chi connectivity index (χ1) is 8.83. The van der Waals surface area contributed by atoms with Crippen molar-refractivity contribution in [2.45, 2.75) is 25.8 Å². The molecule has 1 aliphatic carbocycles. The zero-order chi connectivity index (χ0) is 12.4. The quantitative estimate of drug-likeness (QED) is 0.896. The van der Waals surface area contributed by atoms with Crippen molar-refractivity contribution in [1.82, 2.24) is 5.32 Å². The molecular formula is C15H20N2S. The Morgan fingerprint density at radius 2 is 2.11 bits per heavy atom. The lowest BCUT2D eigenvalue weighted by molar-refractivity contribution is 0.522. The first-order valence-corrected chi connectivity index (χ1v) is 7.80. The summed E-state index contributed by atoms with van der Waals surface area (Å²) in [5, 5.41) is 4.67. The third-order valence-electron chi connectivity index (χ3n) is 3.84. The summed E-state index contributed by atoms with van der Waals surface area (Å²) >= 11 is 1.86. The minimum atomic E-state index is 0.436. The molecule has 1 saturated carbocycles. The molecule has 0 bridgehead atoms. The van der Waals surface area contributed by atoms with E-state index in [1.807, 2.05) is 11.8 Å². The van der Waals surface area contributed by atoms with Gasteiger partial charge in [0.05, 0.1) is 6.04 Å². The van der Waals surface area contributed by atoms with Crippen LogP contribution >= 0.6 is 11.8 Å². The van der Waals surface area contributed by atoms with Gasteiger partial charge in [-0.25, -0.2) is 0 Å². The number of benzene rings is 1. The van der Waals surface area contributed by atoms with Gasteiger partial charge in [0.25, 0.3) is 0 Å². The van der Waals surface area contributed by atoms with Crippen LogP contribution in [0.5, 0.6) is 0 Å². The van der Waals surface area contributed by atoms with Crippen molar-refractivity contribution >= 4 is 16.9 Å². The summed E-state index contributed by atoms with van der Waals surface area (Å²) < 4.78 is 0. The van der Waals surface area contributed by atoms with E-state index in [1.54, 1.807) is 0 Å². The average molecular weight is 260 g/mol. The van der Waals surface area contributed by atoms with Crippen LogP contribution in [0.2, 0.25) is 0 Å². The minimum absolute atomic E-state index is 0.436. The zero-order valence-electron chi connectivity index (χ0n) is 10.8. The molecule has 0 aromatic heterocycles. The molecule has 3 heteroatoms. The van der Waals surface area contributed by atoms with Gasteiger partial charge in [0, 0.05) is 12.3 Å². The molecule has 1 heterocycles. The summed E-state index contributed by atoms with van der Waals surface area (Å²) in [5.41, 5.74) is 1.37. The van der Waals surface area contributed by atoms with Gasteiger partial charge < -0.3 is 5.32 Å². The molecule has 3 rings (SSSR count). The van der Waals surface area contributed by atoms with Gasteiger partial charge in [0.2, 0.25) is 0 Å². The predicted molar refractivity (Wildman–Crippen MR) is 79.0 cm³/mol. The summed E-state index contributed by atoms with van der Waals surface area (Å²) in [5.74, 6) is 2.81. The SMILES string of the molecule is CC(CN=C1NC(c2ccccc2)CS1)C1CC1. The summed E-state index contributed by atoms with van der Waals surface area (Å²) in [6.07, 6.45) is 2.83. The lowest BCUT2D eigenvalue weighted by Crippen LogP contribution is -2.20. The molecule has 0 radical (unpaired) electrons. The van der Waals surface area contributed by atoms with E-state index in [0.717, 1.165) is 29.3 Å². The van der Waals surface area contributed by atoms with Crippen molar-refractivity contribution in [3.8, 4) is 0 Å². The highest BCUT2D eigenvalue weighted by Gasteiger charge is 2.28. The summed E-state index contributed by atoms with van der Waals surface area (Å²) in [6.45, 7) is 3.32. The molecule has 1 aromatic carbocycles. The molecule has 0 amide bonds. The Balaban J connectivity index is 1.56. The second-order valence-electron chi connectivity index (χ2n) is 5.38. The van der Waals surface area contributed by atoms with Gasteiger partial charge in [-0.15, -0.1) is 0 Å². The van der Waals surface area contributed by atoms with Gasteiger partial charge in [-0.2, -0.15) is 0 Å². The van der Waals surface area contributed by atoms with E-state index in [1.165, 1.54) is 18.4 Å². The number of nitrogens with zero attached hydrogens (tertiary/aromatic N) is 1. The number of aliphatic imine (C=N–C) groups is 1. The van der Waals surface area contributed by atoms with Gasteiger partial charge in [-0.1, -0.05) is 49.0 Å². The van der Waals surface area contributed by atoms with Crippen LogP contribution in [-0.4, -0.2) is 17.5 Å². The van der Waals surface area contributed by atoms with Crippen molar-refractivity contribution in [3.05, 3.63) is 35.9 Å². The van der Waals surface area contributed by atoms with Crippen LogP contribution in [0.4, 0.5) is 0 Å². The second-order valence-corrected chi connectivity index (χ2v) is 6.39. The third kappa shape index (κ3) is 2.89. The smallest absolute Gasteiger partial charge is 0.157 e. The molecule has 2 unspecified atom stereocenters.